The molecule has 0 radical (unpaired) electrons. The van der Waals surface area contributed by atoms with Crippen molar-refractivity contribution in [2.45, 2.75) is 58.1 Å². The van der Waals surface area contributed by atoms with Gasteiger partial charge in [-0.1, -0.05) is 36.7 Å². The maximum absolute atomic E-state index is 6.59. The van der Waals surface area contributed by atoms with E-state index in [1.54, 1.807) is 0 Å². The second-order valence-corrected chi connectivity index (χ2v) is 7.86. The van der Waals surface area contributed by atoms with E-state index in [0.29, 0.717) is 12.0 Å². The van der Waals surface area contributed by atoms with Gasteiger partial charge >= 0.3 is 0 Å². The quantitative estimate of drug-likeness (QED) is 0.802. The fourth-order valence-corrected chi connectivity index (χ4v) is 4.54. The van der Waals surface area contributed by atoms with Gasteiger partial charge in [-0.3, -0.25) is 0 Å². The van der Waals surface area contributed by atoms with Crippen LogP contribution in [-0.2, 0) is 0 Å². The molecule has 1 fully saturated rings. The fourth-order valence-electron chi connectivity index (χ4n) is 4.16. The average Bonchev–Trinajstić information content (AvgIpc) is 2.45. The standard InChI is InChI=1S/C18H26BrNO/c1-4-20-16-11-18(8-7-12(2)9-13(18)3)21-17-6-5-14(19)10-15(16)17/h5-6,10,12-13,16,20H,4,7-9,11H2,1-3H3. The Hall–Kier alpha value is -0.540. The van der Waals surface area contributed by atoms with E-state index in [2.05, 4.69) is 60.2 Å². The van der Waals surface area contributed by atoms with Crippen LogP contribution < -0.4 is 10.1 Å². The zero-order valence-electron chi connectivity index (χ0n) is 13.3. The maximum atomic E-state index is 6.59. The molecule has 0 bridgehead atoms. The van der Waals surface area contributed by atoms with E-state index < -0.39 is 0 Å². The molecule has 2 nitrogen and oxygen atoms in total. The van der Waals surface area contributed by atoms with E-state index >= 15 is 0 Å². The topological polar surface area (TPSA) is 21.3 Å². The Bertz CT molecular complexity index is 518. The summed E-state index contributed by atoms with van der Waals surface area (Å²) in [4.78, 5) is 0. The van der Waals surface area contributed by atoms with E-state index in [9.17, 15) is 0 Å². The first-order valence-corrected chi connectivity index (χ1v) is 9.05. The summed E-state index contributed by atoms with van der Waals surface area (Å²) in [5.41, 5.74) is 1.34. The molecule has 1 aliphatic heterocycles. The predicted octanol–water partition coefficient (Wildman–Crippen LogP) is 5.08. The van der Waals surface area contributed by atoms with Crippen molar-refractivity contribution in [1.29, 1.82) is 0 Å². The molecule has 21 heavy (non-hydrogen) atoms. The first-order valence-electron chi connectivity index (χ1n) is 8.26. The number of benzene rings is 1. The number of rotatable bonds is 2. The molecule has 1 heterocycles. The van der Waals surface area contributed by atoms with Crippen LogP contribution in [0.25, 0.3) is 0 Å². The van der Waals surface area contributed by atoms with Gasteiger partial charge in [0.2, 0.25) is 0 Å². The van der Waals surface area contributed by atoms with E-state index in [1.807, 2.05) is 0 Å². The molecule has 0 saturated heterocycles. The Morgan fingerprint density at radius 1 is 1.38 bits per heavy atom. The van der Waals surface area contributed by atoms with Gasteiger partial charge in [-0.15, -0.1) is 0 Å². The third-order valence-corrected chi connectivity index (χ3v) is 5.87. The van der Waals surface area contributed by atoms with Crippen molar-refractivity contribution in [3.05, 3.63) is 28.2 Å². The molecule has 3 rings (SSSR count). The molecule has 1 aromatic rings. The molecule has 1 aliphatic carbocycles. The molecular weight excluding hydrogens is 326 g/mol. The lowest BCUT2D eigenvalue weighted by molar-refractivity contribution is -0.0551. The van der Waals surface area contributed by atoms with Crippen molar-refractivity contribution in [3.63, 3.8) is 0 Å². The lowest BCUT2D eigenvalue weighted by Gasteiger charge is -2.49. The molecule has 4 atom stereocenters. The van der Waals surface area contributed by atoms with Gasteiger partial charge in [0.25, 0.3) is 0 Å². The Morgan fingerprint density at radius 3 is 2.90 bits per heavy atom. The second kappa shape index (κ2) is 5.92. The zero-order chi connectivity index (χ0) is 15.0. The van der Waals surface area contributed by atoms with Gasteiger partial charge in [-0.25, -0.2) is 0 Å². The zero-order valence-corrected chi connectivity index (χ0v) is 14.9. The Morgan fingerprint density at radius 2 is 2.19 bits per heavy atom. The van der Waals surface area contributed by atoms with E-state index in [4.69, 9.17) is 4.74 Å². The molecule has 3 heteroatoms. The predicted molar refractivity (Wildman–Crippen MR) is 90.7 cm³/mol. The highest BCUT2D eigenvalue weighted by atomic mass is 79.9. The summed E-state index contributed by atoms with van der Waals surface area (Å²) in [6.07, 6.45) is 4.85. The monoisotopic (exact) mass is 351 g/mol. The average molecular weight is 352 g/mol. The van der Waals surface area contributed by atoms with Crippen LogP contribution in [0.2, 0.25) is 0 Å². The third kappa shape index (κ3) is 2.87. The van der Waals surface area contributed by atoms with E-state index in [0.717, 1.165) is 29.1 Å². The smallest absolute Gasteiger partial charge is 0.125 e. The number of fused-ring (bicyclic) bond motifs is 1. The first kappa shape index (κ1) is 15.4. The van der Waals surface area contributed by atoms with Gasteiger partial charge in [0.15, 0.2) is 0 Å². The number of ether oxygens (including phenoxy) is 1. The summed E-state index contributed by atoms with van der Waals surface area (Å²) in [6.45, 7) is 7.94. The van der Waals surface area contributed by atoms with Gasteiger partial charge < -0.3 is 10.1 Å². The third-order valence-electron chi connectivity index (χ3n) is 5.37. The molecule has 1 aromatic carbocycles. The minimum absolute atomic E-state index is 0.0280. The highest BCUT2D eigenvalue weighted by Gasteiger charge is 2.47. The Balaban J connectivity index is 1.95. The first-order chi connectivity index (χ1) is 10.0. The van der Waals surface area contributed by atoms with Gasteiger partial charge in [0, 0.05) is 22.5 Å². The van der Waals surface area contributed by atoms with E-state index in [-0.39, 0.29) is 5.60 Å². The summed E-state index contributed by atoms with van der Waals surface area (Å²) in [6, 6.07) is 6.85. The van der Waals surface area contributed by atoms with Crippen LogP contribution in [0, 0.1) is 11.8 Å². The van der Waals surface area contributed by atoms with Crippen molar-refractivity contribution >= 4 is 15.9 Å². The van der Waals surface area contributed by atoms with Crippen LogP contribution in [0.1, 0.15) is 58.1 Å². The molecule has 1 saturated carbocycles. The molecule has 0 amide bonds. The van der Waals surface area contributed by atoms with Crippen LogP contribution in [0.4, 0.5) is 0 Å². The Kier molecular flexibility index (Phi) is 4.33. The largest absolute Gasteiger partial charge is 0.487 e. The Labute approximate surface area is 136 Å². The molecule has 116 valence electrons. The second-order valence-electron chi connectivity index (χ2n) is 6.94. The van der Waals surface area contributed by atoms with Crippen molar-refractivity contribution < 1.29 is 4.74 Å². The number of hydrogen-bond acceptors (Lipinski definition) is 2. The lowest BCUT2D eigenvalue weighted by atomic mass is 9.68. The number of nitrogens with one attached hydrogen (secondary N) is 1. The summed E-state index contributed by atoms with van der Waals surface area (Å²) >= 11 is 3.59. The summed E-state index contributed by atoms with van der Waals surface area (Å²) < 4.78 is 7.73. The molecular formula is C18H26BrNO. The van der Waals surface area contributed by atoms with Gasteiger partial charge in [-0.05, 0) is 55.8 Å². The van der Waals surface area contributed by atoms with Gasteiger partial charge in [-0.2, -0.15) is 0 Å². The minimum atomic E-state index is 0.0280. The summed E-state index contributed by atoms with van der Waals surface area (Å²) in [7, 11) is 0. The van der Waals surface area contributed by atoms with Crippen molar-refractivity contribution in [2.24, 2.45) is 11.8 Å². The number of hydrogen-bond donors (Lipinski definition) is 1. The van der Waals surface area contributed by atoms with Crippen molar-refractivity contribution in [3.8, 4) is 5.75 Å². The fraction of sp³-hybridized carbons (Fsp3) is 0.667. The SMILES string of the molecule is CCNC1CC2(CCC(C)CC2C)Oc2ccc(Br)cc21. The van der Waals surface area contributed by atoms with Gasteiger partial charge in [0.1, 0.15) is 11.4 Å². The normalized spacial score (nSPS) is 35.3. The maximum Gasteiger partial charge on any atom is 0.125 e. The van der Waals surface area contributed by atoms with Crippen LogP contribution in [0.15, 0.2) is 22.7 Å². The highest BCUT2D eigenvalue weighted by molar-refractivity contribution is 9.10. The highest BCUT2D eigenvalue weighted by Crippen LogP contribution is 2.50. The van der Waals surface area contributed by atoms with Crippen LogP contribution in [0.5, 0.6) is 5.75 Å². The molecule has 4 unspecified atom stereocenters. The van der Waals surface area contributed by atoms with Crippen LogP contribution >= 0.6 is 15.9 Å². The van der Waals surface area contributed by atoms with Crippen molar-refractivity contribution in [2.75, 3.05) is 6.54 Å². The molecule has 1 N–H and O–H groups in total. The minimum Gasteiger partial charge on any atom is -0.487 e. The van der Waals surface area contributed by atoms with E-state index in [1.165, 1.54) is 24.8 Å². The molecule has 1 spiro atoms. The van der Waals surface area contributed by atoms with Gasteiger partial charge in [0.05, 0.1) is 0 Å². The molecule has 0 aromatic heterocycles. The van der Waals surface area contributed by atoms with Crippen LogP contribution in [0.3, 0.4) is 0 Å². The van der Waals surface area contributed by atoms with Crippen molar-refractivity contribution in [1.82, 2.24) is 5.32 Å². The number of halogens is 1. The van der Waals surface area contributed by atoms with Crippen LogP contribution in [-0.4, -0.2) is 12.1 Å². The lowest BCUT2D eigenvalue weighted by Crippen LogP contribution is -2.51. The summed E-state index contributed by atoms with van der Waals surface area (Å²) in [5, 5.41) is 3.67. The molecule has 2 aliphatic rings. The summed E-state index contributed by atoms with van der Waals surface area (Å²) in [5.74, 6) is 2.54.